The molecule has 174 valence electrons. The van der Waals surface area contributed by atoms with Gasteiger partial charge in [0.1, 0.15) is 0 Å². The summed E-state index contributed by atoms with van der Waals surface area (Å²) in [5, 5.41) is 6.14. The minimum atomic E-state index is -0.151. The van der Waals surface area contributed by atoms with Crippen LogP contribution >= 0.6 is 28.3 Å². The van der Waals surface area contributed by atoms with E-state index in [0.717, 1.165) is 53.9 Å². The van der Waals surface area contributed by atoms with Gasteiger partial charge < -0.3 is 25.0 Å². The van der Waals surface area contributed by atoms with Gasteiger partial charge in [0.25, 0.3) is 0 Å². The summed E-state index contributed by atoms with van der Waals surface area (Å²) in [6, 6.07) is 14.3. The third kappa shape index (κ3) is 4.85. The molecule has 0 radical (unpaired) electrons. The fourth-order valence-electron chi connectivity index (χ4n) is 5.31. The molecule has 1 aliphatic carbocycles. The van der Waals surface area contributed by atoms with Crippen molar-refractivity contribution in [3.63, 3.8) is 0 Å². The largest absolute Gasteiger partial charge is 0.493 e. The summed E-state index contributed by atoms with van der Waals surface area (Å²) in [5.74, 6) is 1.53. The fourth-order valence-corrected chi connectivity index (χ4v) is 5.71. The molecule has 4 rings (SSSR count). The lowest BCUT2D eigenvalue weighted by Crippen LogP contribution is -2.52. The van der Waals surface area contributed by atoms with Gasteiger partial charge >= 0.3 is 6.03 Å². The second kappa shape index (κ2) is 10.3. The first kappa shape index (κ1) is 24.7. The minimum Gasteiger partial charge on any atom is -0.493 e. The average molecular weight is 525 g/mol. The summed E-state index contributed by atoms with van der Waals surface area (Å²) in [6.07, 6.45) is 4.02. The maximum Gasteiger partial charge on any atom is 0.319 e. The van der Waals surface area contributed by atoms with Crippen molar-refractivity contribution in [2.24, 2.45) is 0 Å². The maximum absolute atomic E-state index is 12.6. The number of rotatable bonds is 5. The third-order valence-electron chi connectivity index (χ3n) is 6.90. The van der Waals surface area contributed by atoms with Gasteiger partial charge in [0.15, 0.2) is 11.5 Å². The molecule has 0 spiro atoms. The van der Waals surface area contributed by atoms with E-state index in [1.54, 1.807) is 14.2 Å². The van der Waals surface area contributed by atoms with Crippen LogP contribution in [-0.2, 0) is 5.41 Å². The van der Waals surface area contributed by atoms with E-state index in [-0.39, 0.29) is 29.9 Å². The van der Waals surface area contributed by atoms with Gasteiger partial charge in [-0.3, -0.25) is 0 Å². The summed E-state index contributed by atoms with van der Waals surface area (Å²) in [4.78, 5) is 15.0. The standard InChI is InChI=1S/C24H30BrN3O3.ClH/c1-28-12-11-24(16-7-8-20(30-2)21(13-16)31-3)10-9-19(15-22(24)28)27-23(29)26-18-6-4-5-17(25)14-18;/h4-8,13-14,19,22H,9-12,15H2,1-3H3,(H2,26,27,29);1H/t19-,22+,24+;/m1./s1. The molecule has 6 nitrogen and oxygen atoms in total. The van der Waals surface area contributed by atoms with Crippen molar-refractivity contribution in [1.29, 1.82) is 0 Å². The molecule has 1 saturated heterocycles. The summed E-state index contributed by atoms with van der Waals surface area (Å²) in [6.45, 7) is 1.05. The minimum absolute atomic E-state index is 0. The number of fused-ring (bicyclic) bond motifs is 1. The number of halogens is 2. The van der Waals surface area contributed by atoms with E-state index in [4.69, 9.17) is 9.47 Å². The van der Waals surface area contributed by atoms with Gasteiger partial charge in [-0.2, -0.15) is 0 Å². The van der Waals surface area contributed by atoms with Gasteiger partial charge in [-0.15, -0.1) is 12.4 Å². The number of benzene rings is 2. The normalized spacial score (nSPS) is 24.8. The zero-order chi connectivity index (χ0) is 22.0. The highest BCUT2D eigenvalue weighted by Gasteiger charge is 2.50. The molecule has 1 saturated carbocycles. The number of nitrogens with zero attached hydrogens (tertiary/aromatic N) is 1. The van der Waals surface area contributed by atoms with Crippen LogP contribution in [0.1, 0.15) is 31.2 Å². The zero-order valence-corrected chi connectivity index (χ0v) is 21.1. The highest BCUT2D eigenvalue weighted by atomic mass is 79.9. The van der Waals surface area contributed by atoms with Crippen LogP contribution in [0, 0.1) is 0 Å². The maximum atomic E-state index is 12.6. The second-order valence-corrected chi connectivity index (χ2v) is 9.47. The number of methoxy groups -OCH3 is 2. The Balaban J connectivity index is 0.00000289. The predicted octanol–water partition coefficient (Wildman–Crippen LogP) is 5.20. The summed E-state index contributed by atoms with van der Waals surface area (Å²) in [5.41, 5.74) is 2.16. The van der Waals surface area contributed by atoms with Gasteiger partial charge in [-0.25, -0.2) is 4.79 Å². The number of nitrogens with one attached hydrogen (secondary N) is 2. The van der Waals surface area contributed by atoms with Gasteiger partial charge in [0.2, 0.25) is 0 Å². The van der Waals surface area contributed by atoms with E-state index in [1.807, 2.05) is 30.3 Å². The molecule has 2 aromatic rings. The van der Waals surface area contributed by atoms with Crippen LogP contribution in [0.4, 0.5) is 10.5 Å². The molecule has 2 fully saturated rings. The first-order chi connectivity index (χ1) is 14.9. The number of amides is 2. The van der Waals surface area contributed by atoms with Crippen LogP contribution in [0.3, 0.4) is 0 Å². The lowest BCUT2D eigenvalue weighted by Gasteiger charge is -2.45. The van der Waals surface area contributed by atoms with E-state index in [1.165, 1.54) is 5.56 Å². The molecule has 1 aliphatic heterocycles. The molecule has 32 heavy (non-hydrogen) atoms. The first-order valence-corrected chi connectivity index (χ1v) is 11.5. The third-order valence-corrected chi connectivity index (χ3v) is 7.40. The smallest absolute Gasteiger partial charge is 0.319 e. The zero-order valence-electron chi connectivity index (χ0n) is 18.7. The number of carbonyl (C=O) groups is 1. The Morgan fingerprint density at radius 1 is 1.12 bits per heavy atom. The van der Waals surface area contributed by atoms with Gasteiger partial charge in [0, 0.05) is 27.7 Å². The Morgan fingerprint density at radius 3 is 2.62 bits per heavy atom. The summed E-state index contributed by atoms with van der Waals surface area (Å²) >= 11 is 3.44. The molecule has 2 N–H and O–H groups in total. The van der Waals surface area contributed by atoms with Crippen molar-refractivity contribution in [3.8, 4) is 11.5 Å². The number of likely N-dealkylation sites (N-methyl/N-ethyl adjacent to an activating group) is 1. The van der Waals surface area contributed by atoms with E-state index in [9.17, 15) is 4.79 Å². The van der Waals surface area contributed by atoms with Crippen LogP contribution in [0.15, 0.2) is 46.9 Å². The average Bonchev–Trinajstić information content (AvgIpc) is 3.10. The number of carbonyl (C=O) groups excluding carboxylic acids is 1. The van der Waals surface area contributed by atoms with Crippen LogP contribution in [0.5, 0.6) is 11.5 Å². The highest BCUT2D eigenvalue weighted by molar-refractivity contribution is 9.10. The molecule has 2 aliphatic rings. The highest BCUT2D eigenvalue weighted by Crippen LogP contribution is 2.49. The van der Waals surface area contributed by atoms with Gasteiger partial charge in [-0.05, 0) is 75.2 Å². The Kier molecular flexibility index (Phi) is 7.96. The molecular formula is C24H31BrClN3O3. The quantitative estimate of drug-likeness (QED) is 0.564. The number of urea groups is 1. The Labute approximate surface area is 204 Å². The molecular weight excluding hydrogens is 494 g/mol. The molecule has 0 unspecified atom stereocenters. The van der Waals surface area contributed by atoms with E-state index in [2.05, 4.69) is 50.6 Å². The second-order valence-electron chi connectivity index (χ2n) is 8.55. The SMILES string of the molecule is COc1ccc([C@@]23CC[C@@H](NC(=O)Nc4cccc(Br)c4)C[C@@H]2N(C)CC3)cc1OC.Cl. The predicted molar refractivity (Wildman–Crippen MR) is 133 cm³/mol. The lowest BCUT2D eigenvalue weighted by molar-refractivity contribution is 0.156. The lowest BCUT2D eigenvalue weighted by atomic mass is 9.65. The first-order valence-electron chi connectivity index (χ1n) is 10.7. The number of ether oxygens (including phenoxy) is 2. The van der Waals surface area contributed by atoms with Crippen LogP contribution in [-0.4, -0.2) is 50.8 Å². The molecule has 1 heterocycles. The monoisotopic (exact) mass is 523 g/mol. The number of anilines is 1. The van der Waals surface area contributed by atoms with Crippen molar-refractivity contribution in [2.45, 2.75) is 43.2 Å². The fraction of sp³-hybridized carbons (Fsp3) is 0.458. The van der Waals surface area contributed by atoms with E-state index < -0.39 is 0 Å². The molecule has 2 aromatic carbocycles. The molecule has 0 aromatic heterocycles. The number of hydrogen-bond acceptors (Lipinski definition) is 4. The van der Waals surface area contributed by atoms with Crippen LogP contribution in [0.2, 0.25) is 0 Å². The van der Waals surface area contributed by atoms with Crippen molar-refractivity contribution >= 4 is 40.1 Å². The van der Waals surface area contributed by atoms with Crippen LogP contribution < -0.4 is 20.1 Å². The topological polar surface area (TPSA) is 62.8 Å². The number of hydrogen-bond donors (Lipinski definition) is 2. The Hall–Kier alpha value is -1.96. The van der Waals surface area contributed by atoms with Crippen LogP contribution in [0.25, 0.3) is 0 Å². The summed E-state index contributed by atoms with van der Waals surface area (Å²) in [7, 11) is 5.54. The van der Waals surface area contributed by atoms with Crippen molar-refractivity contribution in [1.82, 2.24) is 10.2 Å². The molecule has 0 bridgehead atoms. The number of likely N-dealkylation sites (tertiary alicyclic amines) is 1. The summed E-state index contributed by atoms with van der Waals surface area (Å²) < 4.78 is 11.9. The van der Waals surface area contributed by atoms with Crippen molar-refractivity contribution in [3.05, 3.63) is 52.5 Å². The van der Waals surface area contributed by atoms with E-state index >= 15 is 0 Å². The van der Waals surface area contributed by atoms with Gasteiger partial charge in [-0.1, -0.05) is 28.1 Å². The molecule has 8 heteroatoms. The molecule has 2 amide bonds. The Morgan fingerprint density at radius 2 is 1.91 bits per heavy atom. The van der Waals surface area contributed by atoms with Crippen molar-refractivity contribution in [2.75, 3.05) is 33.1 Å². The van der Waals surface area contributed by atoms with Crippen molar-refractivity contribution < 1.29 is 14.3 Å². The van der Waals surface area contributed by atoms with E-state index in [0.29, 0.717) is 6.04 Å². The molecule has 3 atom stereocenters. The van der Waals surface area contributed by atoms with Gasteiger partial charge in [0.05, 0.1) is 14.2 Å². The Bertz CT molecular complexity index is 960.